The van der Waals surface area contributed by atoms with E-state index in [1.165, 1.54) is 6.07 Å². The van der Waals surface area contributed by atoms with Crippen molar-refractivity contribution in [2.45, 2.75) is 24.5 Å². The Morgan fingerprint density at radius 2 is 2.04 bits per heavy atom. The van der Waals surface area contributed by atoms with E-state index >= 15 is 0 Å². The largest absolute Gasteiger partial charge is 1.00 e. The van der Waals surface area contributed by atoms with Gasteiger partial charge in [-0.3, -0.25) is 9.97 Å². The molecule has 0 aromatic carbocycles. The summed E-state index contributed by atoms with van der Waals surface area (Å²) >= 11 is 0. The molecule has 11 nitrogen and oxygen atoms in total. The number of hydrogen-bond acceptors (Lipinski definition) is 9. The number of nitrogens with one attached hydrogen (secondary N) is 1. The Bertz CT molecular complexity index is 625. The quantitative estimate of drug-likeness (QED) is 0.296. The monoisotopic (exact) mass is 367 g/mol. The number of aliphatic hydroxyl groups excluding tert-OH is 2. The fourth-order valence-electron chi connectivity index (χ4n) is 1.87. The van der Waals surface area contributed by atoms with Gasteiger partial charge in [-0.05, 0) is 6.07 Å². The first kappa shape index (κ1) is 23.7. The summed E-state index contributed by atoms with van der Waals surface area (Å²) in [7, 11) is -5.00. The number of phosphoric ester groups is 1. The third-order valence-electron chi connectivity index (χ3n) is 2.84. The Hall–Kier alpha value is 0.670. The molecule has 2 heterocycles. The van der Waals surface area contributed by atoms with Crippen LogP contribution in [-0.4, -0.2) is 49.6 Å². The van der Waals surface area contributed by atoms with E-state index in [0.717, 1.165) is 10.8 Å². The molecule has 1 aromatic heterocycles. The molecule has 1 aromatic rings. The maximum Gasteiger partial charge on any atom is 1.00 e. The van der Waals surface area contributed by atoms with Gasteiger partial charge in [-0.25, -0.2) is 4.98 Å². The molecule has 2 rings (SSSR count). The number of aromatic nitrogens is 2. The maximum atomic E-state index is 11.6. The standard InChI is InChI=1S/C9H14N3O8P.2Na/c10-5-1-2-12(9(15)11-5)8-7(14)6(13)4(20-8)3-19-21(16,17)18;;/h1-2,4,6-8,13-14H,3H2,(H2,10,11,15)(H2,16,17,18);;/q;2*+1/p-2. The Labute approximate surface area is 174 Å². The van der Waals surface area contributed by atoms with E-state index in [4.69, 9.17) is 15.0 Å². The van der Waals surface area contributed by atoms with Crippen molar-refractivity contribution in [2.24, 2.45) is 0 Å². The van der Waals surface area contributed by atoms with Crippen LogP contribution in [0.5, 0.6) is 6.01 Å². The van der Waals surface area contributed by atoms with E-state index in [1.54, 1.807) is 0 Å². The van der Waals surface area contributed by atoms with Crippen molar-refractivity contribution < 1.29 is 98.0 Å². The first-order chi connectivity index (χ1) is 9.69. The van der Waals surface area contributed by atoms with Crippen LogP contribution in [-0.2, 0) is 13.8 Å². The molecule has 118 valence electrons. The normalized spacial score (nSPS) is 29.2. The fourth-order valence-corrected chi connectivity index (χ4v) is 2.21. The zero-order valence-electron chi connectivity index (χ0n) is 12.4. The molecule has 0 amide bonds. The summed E-state index contributed by atoms with van der Waals surface area (Å²) in [5.74, 6) is 0. The first-order valence-electron chi connectivity index (χ1n) is 5.70. The van der Waals surface area contributed by atoms with Crippen LogP contribution in [0, 0.1) is 5.41 Å². The summed E-state index contributed by atoms with van der Waals surface area (Å²) in [4.78, 5) is 22.3. The zero-order valence-corrected chi connectivity index (χ0v) is 17.3. The van der Waals surface area contributed by atoms with E-state index in [9.17, 15) is 24.8 Å². The average molecular weight is 367 g/mol. The summed E-state index contributed by atoms with van der Waals surface area (Å²) in [5.41, 5.74) is -0.281. The summed E-state index contributed by atoms with van der Waals surface area (Å²) in [5, 5.41) is 38.3. The fraction of sp³-hybridized carbons (Fsp3) is 0.556. The van der Waals surface area contributed by atoms with Crippen molar-refractivity contribution in [3.05, 3.63) is 17.8 Å². The molecule has 0 radical (unpaired) electrons. The van der Waals surface area contributed by atoms with Crippen LogP contribution < -0.4 is 74.6 Å². The van der Waals surface area contributed by atoms with E-state index in [2.05, 4.69) is 9.51 Å². The molecule has 0 bridgehead atoms. The molecule has 0 spiro atoms. The zero-order chi connectivity index (χ0) is 15.8. The van der Waals surface area contributed by atoms with Gasteiger partial charge >= 0.3 is 59.1 Å². The predicted octanol–water partition coefficient (Wildman–Crippen LogP) is -9.46. The van der Waals surface area contributed by atoms with E-state index in [1.807, 2.05) is 0 Å². The smallest absolute Gasteiger partial charge is 0.846 e. The van der Waals surface area contributed by atoms with Crippen molar-refractivity contribution >= 4 is 7.82 Å². The predicted molar refractivity (Wildman–Crippen MR) is 59.2 cm³/mol. The summed E-state index contributed by atoms with van der Waals surface area (Å²) < 4.78 is 20.6. The van der Waals surface area contributed by atoms with Crippen molar-refractivity contribution in [1.82, 2.24) is 9.55 Å². The number of rotatable bonds is 4. The molecule has 4 N–H and O–H groups in total. The summed E-state index contributed by atoms with van der Waals surface area (Å²) in [6.45, 7) is -0.731. The SMILES string of the molecule is N=c1ccn(C2OC(COP(=O)([O-])O)C(O)C2O)c([O-])n1.[Na+].[Na+]. The molecule has 5 unspecified atom stereocenters. The van der Waals surface area contributed by atoms with Crippen LogP contribution >= 0.6 is 7.82 Å². The number of aliphatic hydroxyl groups is 2. The minimum absolute atomic E-state index is 0. The Kier molecular flexibility index (Phi) is 9.66. The Morgan fingerprint density at radius 3 is 2.57 bits per heavy atom. The number of ether oxygens (including phenoxy) is 1. The van der Waals surface area contributed by atoms with E-state index in [0.29, 0.717) is 0 Å². The molecule has 5 atom stereocenters. The minimum Gasteiger partial charge on any atom is -0.846 e. The van der Waals surface area contributed by atoms with Crippen LogP contribution in [0.2, 0.25) is 0 Å². The molecule has 14 heteroatoms. The molecular formula is C9H12N3Na2O8P. The summed E-state index contributed by atoms with van der Waals surface area (Å²) in [6.07, 6.45) is -4.53. The number of phosphoric acid groups is 1. The van der Waals surface area contributed by atoms with Crippen molar-refractivity contribution in [3.63, 3.8) is 0 Å². The average Bonchev–Trinajstić information content (AvgIpc) is 2.64. The van der Waals surface area contributed by atoms with Gasteiger partial charge in [0.15, 0.2) is 6.23 Å². The van der Waals surface area contributed by atoms with Gasteiger partial charge in [0.2, 0.25) is 0 Å². The Balaban J connectivity index is 0.00000242. The molecule has 0 saturated carbocycles. The van der Waals surface area contributed by atoms with Gasteiger partial charge in [0.1, 0.15) is 23.8 Å². The van der Waals surface area contributed by atoms with Gasteiger partial charge in [0.25, 0.3) is 7.82 Å². The molecular weight excluding hydrogens is 355 g/mol. The molecule has 23 heavy (non-hydrogen) atoms. The molecule has 1 fully saturated rings. The topological polar surface area (TPSA) is 184 Å². The van der Waals surface area contributed by atoms with Crippen LogP contribution in [0.3, 0.4) is 0 Å². The minimum atomic E-state index is -5.00. The summed E-state index contributed by atoms with van der Waals surface area (Å²) in [6, 6.07) is 0.296. The molecule has 1 aliphatic heterocycles. The van der Waals surface area contributed by atoms with Crippen molar-refractivity contribution in [1.29, 1.82) is 5.41 Å². The molecule has 0 aliphatic carbocycles. The molecule has 1 saturated heterocycles. The van der Waals surface area contributed by atoms with Gasteiger partial charge in [0, 0.05) is 6.20 Å². The third-order valence-corrected chi connectivity index (χ3v) is 3.32. The van der Waals surface area contributed by atoms with E-state index in [-0.39, 0.29) is 64.6 Å². The number of hydrogen-bond donors (Lipinski definition) is 4. The third kappa shape index (κ3) is 6.15. The number of nitrogens with zero attached hydrogens (tertiary/aromatic N) is 2. The Morgan fingerprint density at radius 1 is 1.43 bits per heavy atom. The second-order valence-electron chi connectivity index (χ2n) is 4.31. The second-order valence-corrected chi connectivity index (χ2v) is 5.51. The van der Waals surface area contributed by atoms with E-state index < -0.39 is 45.0 Å². The van der Waals surface area contributed by atoms with Crippen LogP contribution in [0.4, 0.5) is 0 Å². The second kappa shape index (κ2) is 9.39. The maximum absolute atomic E-state index is 11.6. The van der Waals surface area contributed by atoms with Gasteiger partial charge in [0.05, 0.1) is 12.6 Å². The van der Waals surface area contributed by atoms with Gasteiger partial charge in [-0.1, -0.05) is 0 Å². The van der Waals surface area contributed by atoms with Crippen LogP contribution in [0.1, 0.15) is 6.23 Å². The van der Waals surface area contributed by atoms with Crippen LogP contribution in [0.25, 0.3) is 0 Å². The van der Waals surface area contributed by atoms with Crippen molar-refractivity contribution in [3.8, 4) is 6.01 Å². The molecule has 1 aliphatic rings. The van der Waals surface area contributed by atoms with Crippen molar-refractivity contribution in [2.75, 3.05) is 6.61 Å². The van der Waals surface area contributed by atoms with Gasteiger partial charge < -0.3 is 38.9 Å². The van der Waals surface area contributed by atoms with Crippen LogP contribution in [0.15, 0.2) is 12.3 Å². The van der Waals surface area contributed by atoms with Gasteiger partial charge in [-0.2, -0.15) is 0 Å². The van der Waals surface area contributed by atoms with Gasteiger partial charge in [-0.15, -0.1) is 0 Å². The first-order valence-corrected chi connectivity index (χ1v) is 7.19.